The lowest BCUT2D eigenvalue weighted by Crippen LogP contribution is -2.31. The van der Waals surface area contributed by atoms with Gasteiger partial charge in [0.05, 0.1) is 4.88 Å². The number of thiophene rings is 1. The molecule has 1 saturated heterocycles. The van der Waals surface area contributed by atoms with E-state index in [1.165, 1.54) is 11.3 Å². The molecule has 2 heterocycles. The number of rotatable bonds is 2. The van der Waals surface area contributed by atoms with Gasteiger partial charge in [-0.1, -0.05) is 30.3 Å². The van der Waals surface area contributed by atoms with Gasteiger partial charge in [0, 0.05) is 24.7 Å². The quantitative estimate of drug-likeness (QED) is 0.927. The zero-order chi connectivity index (χ0) is 13.2. The predicted molar refractivity (Wildman–Crippen MR) is 85.5 cm³/mol. The van der Waals surface area contributed by atoms with Gasteiger partial charge in [-0.15, -0.1) is 23.7 Å². The SMILES string of the molecule is Cl.N[C@@H]1CCN(C(=O)c2sccc2-c2ccccc2)C1. The molecular formula is C15H17ClN2OS. The second kappa shape index (κ2) is 6.39. The Labute approximate surface area is 128 Å². The highest BCUT2D eigenvalue weighted by molar-refractivity contribution is 7.12. The highest BCUT2D eigenvalue weighted by Crippen LogP contribution is 2.30. The van der Waals surface area contributed by atoms with E-state index in [1.807, 2.05) is 46.7 Å². The topological polar surface area (TPSA) is 46.3 Å². The minimum atomic E-state index is 0. The van der Waals surface area contributed by atoms with Gasteiger partial charge >= 0.3 is 0 Å². The van der Waals surface area contributed by atoms with Crippen molar-refractivity contribution < 1.29 is 4.79 Å². The fraction of sp³-hybridized carbons (Fsp3) is 0.267. The molecule has 0 radical (unpaired) electrons. The van der Waals surface area contributed by atoms with Crippen LogP contribution in [0.5, 0.6) is 0 Å². The van der Waals surface area contributed by atoms with E-state index in [2.05, 4.69) is 0 Å². The Kier molecular flexibility index (Phi) is 4.81. The first kappa shape index (κ1) is 15.0. The van der Waals surface area contributed by atoms with Crippen molar-refractivity contribution >= 4 is 29.7 Å². The van der Waals surface area contributed by atoms with E-state index in [0.717, 1.165) is 29.0 Å². The Morgan fingerprint density at radius 1 is 1.25 bits per heavy atom. The maximum atomic E-state index is 12.5. The second-order valence-electron chi connectivity index (χ2n) is 4.83. The molecule has 3 rings (SSSR count). The third-order valence-corrected chi connectivity index (χ3v) is 4.36. The second-order valence-corrected chi connectivity index (χ2v) is 5.75. The molecule has 0 unspecified atom stereocenters. The molecule has 3 nitrogen and oxygen atoms in total. The Balaban J connectivity index is 0.00000147. The van der Waals surface area contributed by atoms with Crippen molar-refractivity contribution in [2.24, 2.45) is 5.73 Å². The monoisotopic (exact) mass is 308 g/mol. The largest absolute Gasteiger partial charge is 0.336 e. The summed E-state index contributed by atoms with van der Waals surface area (Å²) in [6.07, 6.45) is 0.901. The van der Waals surface area contributed by atoms with E-state index in [0.29, 0.717) is 6.54 Å². The average molecular weight is 309 g/mol. The van der Waals surface area contributed by atoms with Crippen LogP contribution in [0.4, 0.5) is 0 Å². The van der Waals surface area contributed by atoms with Crippen molar-refractivity contribution in [1.82, 2.24) is 4.90 Å². The van der Waals surface area contributed by atoms with E-state index < -0.39 is 0 Å². The molecule has 106 valence electrons. The first-order chi connectivity index (χ1) is 9.25. The van der Waals surface area contributed by atoms with Gasteiger partial charge in [-0.25, -0.2) is 0 Å². The van der Waals surface area contributed by atoms with Gasteiger partial charge in [0.25, 0.3) is 5.91 Å². The van der Waals surface area contributed by atoms with Crippen molar-refractivity contribution in [1.29, 1.82) is 0 Å². The number of likely N-dealkylation sites (tertiary alicyclic amines) is 1. The lowest BCUT2D eigenvalue weighted by Gasteiger charge is -2.15. The van der Waals surface area contributed by atoms with Crippen LogP contribution in [0.1, 0.15) is 16.1 Å². The third kappa shape index (κ3) is 2.87. The number of nitrogens with zero attached hydrogens (tertiary/aromatic N) is 1. The van der Waals surface area contributed by atoms with Gasteiger partial charge in [-0.2, -0.15) is 0 Å². The zero-order valence-corrected chi connectivity index (χ0v) is 12.6. The zero-order valence-electron chi connectivity index (χ0n) is 11.0. The maximum absolute atomic E-state index is 12.5. The van der Waals surface area contributed by atoms with Crippen LogP contribution >= 0.6 is 23.7 Å². The molecule has 5 heteroatoms. The van der Waals surface area contributed by atoms with Gasteiger partial charge in [-0.05, 0) is 23.4 Å². The van der Waals surface area contributed by atoms with E-state index in [4.69, 9.17) is 5.73 Å². The summed E-state index contributed by atoms with van der Waals surface area (Å²) in [7, 11) is 0. The van der Waals surface area contributed by atoms with Crippen molar-refractivity contribution in [3.05, 3.63) is 46.7 Å². The molecule has 20 heavy (non-hydrogen) atoms. The summed E-state index contributed by atoms with van der Waals surface area (Å²) in [6.45, 7) is 1.44. The Morgan fingerprint density at radius 3 is 2.65 bits per heavy atom. The molecule has 1 amide bonds. The predicted octanol–water partition coefficient (Wildman–Crippen LogP) is 3.01. The number of amides is 1. The van der Waals surface area contributed by atoms with Crippen LogP contribution in [0.3, 0.4) is 0 Å². The van der Waals surface area contributed by atoms with Crippen LogP contribution in [0.2, 0.25) is 0 Å². The van der Waals surface area contributed by atoms with Crippen molar-refractivity contribution in [3.63, 3.8) is 0 Å². The number of halogens is 1. The minimum absolute atomic E-state index is 0. The van der Waals surface area contributed by atoms with Crippen LogP contribution in [0, 0.1) is 0 Å². The third-order valence-electron chi connectivity index (χ3n) is 3.46. The standard InChI is InChI=1S/C15H16N2OS.ClH/c16-12-6-8-17(10-12)15(18)14-13(7-9-19-14)11-4-2-1-3-5-11;/h1-5,7,9,12H,6,8,10,16H2;1H/t12-;/m1./s1. The molecule has 1 aromatic heterocycles. The summed E-state index contributed by atoms with van der Waals surface area (Å²) in [5, 5.41) is 1.98. The molecular weight excluding hydrogens is 292 g/mol. The smallest absolute Gasteiger partial charge is 0.264 e. The fourth-order valence-corrected chi connectivity index (χ4v) is 3.32. The van der Waals surface area contributed by atoms with Crippen molar-refractivity contribution in [2.45, 2.75) is 12.5 Å². The minimum Gasteiger partial charge on any atom is -0.336 e. The van der Waals surface area contributed by atoms with Crippen LogP contribution in [-0.4, -0.2) is 29.9 Å². The van der Waals surface area contributed by atoms with Crippen LogP contribution in [0.25, 0.3) is 11.1 Å². The first-order valence-corrected chi connectivity index (χ1v) is 7.31. The molecule has 0 spiro atoms. The number of hydrogen-bond acceptors (Lipinski definition) is 3. The first-order valence-electron chi connectivity index (χ1n) is 6.43. The number of benzene rings is 1. The van der Waals surface area contributed by atoms with Crippen LogP contribution in [-0.2, 0) is 0 Å². The van der Waals surface area contributed by atoms with E-state index in [-0.39, 0.29) is 24.4 Å². The van der Waals surface area contributed by atoms with E-state index in [1.54, 1.807) is 0 Å². The Bertz CT molecular complexity index is 585. The Hall–Kier alpha value is -1.36. The van der Waals surface area contributed by atoms with Gasteiger partial charge in [0.2, 0.25) is 0 Å². The lowest BCUT2D eigenvalue weighted by atomic mass is 10.1. The van der Waals surface area contributed by atoms with E-state index in [9.17, 15) is 4.79 Å². The Morgan fingerprint density at radius 2 is 2.00 bits per heavy atom. The number of carbonyl (C=O) groups is 1. The highest BCUT2D eigenvalue weighted by atomic mass is 35.5. The number of nitrogens with two attached hydrogens (primary N) is 1. The van der Waals surface area contributed by atoms with Gasteiger partial charge in [-0.3, -0.25) is 4.79 Å². The molecule has 1 aromatic carbocycles. The van der Waals surface area contributed by atoms with Crippen LogP contribution < -0.4 is 5.73 Å². The summed E-state index contributed by atoms with van der Waals surface area (Å²) < 4.78 is 0. The fourth-order valence-electron chi connectivity index (χ4n) is 2.44. The van der Waals surface area contributed by atoms with Gasteiger partial charge in [0.1, 0.15) is 0 Å². The molecule has 0 aliphatic carbocycles. The summed E-state index contributed by atoms with van der Waals surface area (Å²) in [5.41, 5.74) is 7.99. The molecule has 2 N–H and O–H groups in total. The van der Waals surface area contributed by atoms with E-state index >= 15 is 0 Å². The molecule has 1 aliphatic heterocycles. The summed E-state index contributed by atoms with van der Waals surface area (Å²) in [5.74, 6) is 0.113. The number of hydrogen-bond donors (Lipinski definition) is 1. The van der Waals surface area contributed by atoms with Gasteiger partial charge < -0.3 is 10.6 Å². The normalized spacial score (nSPS) is 17.9. The molecule has 2 aromatic rings. The van der Waals surface area contributed by atoms with Crippen molar-refractivity contribution in [2.75, 3.05) is 13.1 Å². The number of carbonyl (C=O) groups excluding carboxylic acids is 1. The van der Waals surface area contributed by atoms with Gasteiger partial charge in [0.15, 0.2) is 0 Å². The maximum Gasteiger partial charge on any atom is 0.264 e. The van der Waals surface area contributed by atoms with Crippen molar-refractivity contribution in [3.8, 4) is 11.1 Å². The molecule has 1 atom stereocenters. The molecule has 0 saturated carbocycles. The summed E-state index contributed by atoms with van der Waals surface area (Å²) >= 11 is 1.51. The summed E-state index contributed by atoms with van der Waals surface area (Å²) in [4.78, 5) is 15.2. The molecule has 1 fully saturated rings. The highest BCUT2D eigenvalue weighted by Gasteiger charge is 2.26. The van der Waals surface area contributed by atoms with Crippen LogP contribution in [0.15, 0.2) is 41.8 Å². The lowest BCUT2D eigenvalue weighted by molar-refractivity contribution is 0.0796. The molecule has 1 aliphatic rings. The summed E-state index contributed by atoms with van der Waals surface area (Å²) in [6, 6.07) is 12.2. The average Bonchev–Trinajstić information content (AvgIpc) is 3.07. The molecule has 0 bridgehead atoms.